The van der Waals surface area contributed by atoms with E-state index in [0.29, 0.717) is 24.2 Å². The number of rotatable bonds is 9. The number of carboxylic acids is 1. The average molecular weight is 409 g/mol. The summed E-state index contributed by atoms with van der Waals surface area (Å²) in [4.78, 5) is 35.3. The van der Waals surface area contributed by atoms with E-state index in [-0.39, 0.29) is 6.61 Å². The number of fused-ring (bicyclic) bond motifs is 1. The molecule has 1 amide bonds. The van der Waals surface area contributed by atoms with Crippen molar-refractivity contribution in [2.24, 2.45) is 0 Å². The Bertz CT molecular complexity index is 1090. The lowest BCUT2D eigenvalue weighted by Gasteiger charge is -2.14. The van der Waals surface area contributed by atoms with Crippen LogP contribution in [-0.2, 0) is 9.59 Å². The van der Waals surface area contributed by atoms with Crippen LogP contribution in [0.3, 0.4) is 0 Å². The fourth-order valence-corrected chi connectivity index (χ4v) is 3.14. The minimum atomic E-state index is -1.07. The van der Waals surface area contributed by atoms with Gasteiger partial charge in [-0.05, 0) is 29.7 Å². The van der Waals surface area contributed by atoms with Gasteiger partial charge in [0.2, 0.25) is 0 Å². The van der Waals surface area contributed by atoms with Crippen LogP contribution in [0.4, 0.5) is 0 Å². The molecule has 0 radical (unpaired) electrons. The van der Waals surface area contributed by atoms with Gasteiger partial charge in [0, 0.05) is 17.5 Å². The molecular formula is C23H23NO6. The van der Waals surface area contributed by atoms with Gasteiger partial charge in [-0.1, -0.05) is 50.1 Å². The summed E-state index contributed by atoms with van der Waals surface area (Å²) in [6.45, 7) is 1.61. The van der Waals surface area contributed by atoms with Gasteiger partial charge in [-0.25, -0.2) is 9.59 Å². The summed E-state index contributed by atoms with van der Waals surface area (Å²) in [5.74, 6) is -1.26. The van der Waals surface area contributed by atoms with Crippen molar-refractivity contribution in [1.82, 2.24) is 5.32 Å². The average Bonchev–Trinajstić information content (AvgIpc) is 2.74. The van der Waals surface area contributed by atoms with Crippen molar-refractivity contribution in [2.75, 3.05) is 6.61 Å². The van der Waals surface area contributed by atoms with Crippen LogP contribution in [0.5, 0.6) is 5.75 Å². The first-order valence-electron chi connectivity index (χ1n) is 9.76. The molecule has 2 aromatic carbocycles. The zero-order chi connectivity index (χ0) is 21.5. The van der Waals surface area contributed by atoms with Gasteiger partial charge in [-0.15, -0.1) is 0 Å². The van der Waals surface area contributed by atoms with Crippen molar-refractivity contribution < 1.29 is 23.8 Å². The summed E-state index contributed by atoms with van der Waals surface area (Å²) < 4.78 is 10.8. The van der Waals surface area contributed by atoms with Crippen LogP contribution in [0.2, 0.25) is 0 Å². The van der Waals surface area contributed by atoms with Gasteiger partial charge in [0.15, 0.2) is 6.61 Å². The molecule has 0 unspecified atom stereocenters. The van der Waals surface area contributed by atoms with E-state index in [1.807, 2.05) is 37.3 Å². The molecule has 7 nitrogen and oxygen atoms in total. The first kappa shape index (κ1) is 21.1. The Hall–Kier alpha value is -3.61. The number of carboxylic acid groups (broad SMARTS) is 1. The highest BCUT2D eigenvalue weighted by Gasteiger charge is 2.19. The Morgan fingerprint density at radius 2 is 1.90 bits per heavy atom. The largest absolute Gasteiger partial charge is 0.484 e. The second-order valence-electron chi connectivity index (χ2n) is 6.89. The van der Waals surface area contributed by atoms with E-state index in [1.165, 1.54) is 6.07 Å². The molecule has 0 saturated carbocycles. The van der Waals surface area contributed by atoms with Crippen LogP contribution < -0.4 is 15.7 Å². The molecule has 0 bridgehead atoms. The maximum Gasteiger partial charge on any atom is 0.336 e. The predicted molar refractivity (Wildman–Crippen MR) is 113 cm³/mol. The highest BCUT2D eigenvalue weighted by molar-refractivity contribution is 5.93. The van der Waals surface area contributed by atoms with Crippen molar-refractivity contribution >= 4 is 22.8 Å². The molecule has 0 saturated heterocycles. The third-order valence-electron chi connectivity index (χ3n) is 4.65. The molecule has 1 atom stereocenters. The standard InChI is InChI=1S/C23H23NO6/c1-2-3-9-19(23(27)28)24-21(25)14-29-16-10-11-17-18(15-7-5-4-6-8-15)13-22(26)30-20(17)12-16/h4-8,10-13,19H,2-3,9,14H2,1H3,(H,24,25)(H,27,28)/t19-/m0/s1. The molecular weight excluding hydrogens is 386 g/mol. The molecule has 0 aliphatic rings. The van der Waals surface area contributed by atoms with Crippen LogP contribution in [0.15, 0.2) is 63.8 Å². The zero-order valence-corrected chi connectivity index (χ0v) is 16.6. The monoisotopic (exact) mass is 409 g/mol. The number of carbonyl (C=O) groups is 2. The second kappa shape index (κ2) is 9.73. The number of aliphatic carboxylic acids is 1. The van der Waals surface area contributed by atoms with Crippen molar-refractivity contribution in [3.63, 3.8) is 0 Å². The molecule has 0 aliphatic carbocycles. The Morgan fingerprint density at radius 3 is 2.60 bits per heavy atom. The summed E-state index contributed by atoms with van der Waals surface area (Å²) in [7, 11) is 0. The molecule has 7 heteroatoms. The van der Waals surface area contributed by atoms with Crippen LogP contribution >= 0.6 is 0 Å². The van der Waals surface area contributed by atoms with Crippen LogP contribution in [0, 0.1) is 0 Å². The Morgan fingerprint density at radius 1 is 1.13 bits per heavy atom. The maximum absolute atomic E-state index is 12.1. The zero-order valence-electron chi connectivity index (χ0n) is 16.6. The molecule has 1 aromatic heterocycles. The highest BCUT2D eigenvalue weighted by atomic mass is 16.5. The number of amides is 1. The molecule has 3 rings (SSSR count). The summed E-state index contributed by atoms with van der Waals surface area (Å²) in [5, 5.41) is 12.4. The smallest absolute Gasteiger partial charge is 0.336 e. The second-order valence-corrected chi connectivity index (χ2v) is 6.89. The number of hydrogen-bond acceptors (Lipinski definition) is 5. The first-order valence-corrected chi connectivity index (χ1v) is 9.76. The van der Waals surface area contributed by atoms with Crippen molar-refractivity contribution in [3.8, 4) is 16.9 Å². The fraction of sp³-hybridized carbons (Fsp3) is 0.261. The molecule has 0 aliphatic heterocycles. The summed E-state index contributed by atoms with van der Waals surface area (Å²) >= 11 is 0. The van der Waals surface area contributed by atoms with Gasteiger partial charge in [-0.2, -0.15) is 0 Å². The number of benzene rings is 2. The van der Waals surface area contributed by atoms with E-state index in [0.717, 1.165) is 22.9 Å². The normalized spacial score (nSPS) is 11.8. The molecule has 156 valence electrons. The van der Waals surface area contributed by atoms with Gasteiger partial charge in [0.05, 0.1) is 0 Å². The number of nitrogens with one attached hydrogen (secondary N) is 1. The highest BCUT2D eigenvalue weighted by Crippen LogP contribution is 2.29. The lowest BCUT2D eigenvalue weighted by Crippen LogP contribution is -2.42. The van der Waals surface area contributed by atoms with E-state index in [1.54, 1.807) is 18.2 Å². The molecule has 2 N–H and O–H groups in total. The minimum Gasteiger partial charge on any atom is -0.484 e. The Labute approximate surface area is 173 Å². The lowest BCUT2D eigenvalue weighted by molar-refractivity contribution is -0.142. The van der Waals surface area contributed by atoms with E-state index in [4.69, 9.17) is 9.15 Å². The van der Waals surface area contributed by atoms with Crippen molar-refractivity contribution in [1.29, 1.82) is 0 Å². The third kappa shape index (κ3) is 5.26. The van der Waals surface area contributed by atoms with E-state index >= 15 is 0 Å². The summed E-state index contributed by atoms with van der Waals surface area (Å²) in [5.41, 5.74) is 1.48. The molecule has 0 spiro atoms. The molecule has 1 heterocycles. The van der Waals surface area contributed by atoms with Crippen molar-refractivity contribution in [3.05, 3.63) is 65.0 Å². The third-order valence-corrected chi connectivity index (χ3v) is 4.65. The molecule has 3 aromatic rings. The van der Waals surface area contributed by atoms with Crippen LogP contribution in [0.1, 0.15) is 26.2 Å². The Balaban J connectivity index is 1.74. The fourth-order valence-electron chi connectivity index (χ4n) is 3.14. The van der Waals surface area contributed by atoms with Gasteiger partial charge >= 0.3 is 11.6 Å². The topological polar surface area (TPSA) is 106 Å². The van der Waals surface area contributed by atoms with Crippen molar-refractivity contribution in [2.45, 2.75) is 32.2 Å². The number of ether oxygens (including phenoxy) is 1. The van der Waals surface area contributed by atoms with E-state index in [9.17, 15) is 19.5 Å². The Kier molecular flexibility index (Phi) is 6.85. The van der Waals surface area contributed by atoms with Gasteiger partial charge < -0.3 is 19.6 Å². The van der Waals surface area contributed by atoms with E-state index < -0.39 is 23.5 Å². The molecule has 30 heavy (non-hydrogen) atoms. The van der Waals surface area contributed by atoms with E-state index in [2.05, 4.69) is 5.32 Å². The first-order chi connectivity index (χ1) is 14.5. The summed E-state index contributed by atoms with van der Waals surface area (Å²) in [6, 6.07) is 14.9. The van der Waals surface area contributed by atoms with Gasteiger partial charge in [-0.3, -0.25) is 4.79 Å². The molecule has 0 fully saturated rings. The summed E-state index contributed by atoms with van der Waals surface area (Å²) in [6.07, 6.45) is 1.90. The number of hydrogen-bond donors (Lipinski definition) is 2. The van der Waals surface area contributed by atoms with Gasteiger partial charge in [0.25, 0.3) is 5.91 Å². The number of carbonyl (C=O) groups excluding carboxylic acids is 1. The minimum absolute atomic E-state index is 0.339. The quantitative estimate of drug-likeness (QED) is 0.523. The maximum atomic E-state index is 12.1. The SMILES string of the molecule is CCCC[C@H](NC(=O)COc1ccc2c(-c3ccccc3)cc(=O)oc2c1)C(=O)O. The van der Waals surface area contributed by atoms with Crippen LogP contribution in [-0.4, -0.2) is 29.6 Å². The predicted octanol–water partition coefficient (Wildman–Crippen LogP) is 3.60. The lowest BCUT2D eigenvalue weighted by atomic mass is 10.0. The number of unbranched alkanes of at least 4 members (excludes halogenated alkanes) is 1. The van der Waals surface area contributed by atoms with Gasteiger partial charge in [0.1, 0.15) is 17.4 Å². The van der Waals surface area contributed by atoms with Crippen LogP contribution in [0.25, 0.3) is 22.1 Å².